The highest BCUT2D eigenvalue weighted by molar-refractivity contribution is 5.85. The van der Waals surface area contributed by atoms with Crippen molar-refractivity contribution in [1.82, 2.24) is 0 Å². The molecule has 2 nitrogen and oxygen atoms in total. The highest BCUT2D eigenvalue weighted by Gasteiger charge is 2.39. The molecule has 0 amide bonds. The van der Waals surface area contributed by atoms with Crippen LogP contribution in [-0.4, -0.2) is 11.2 Å². The summed E-state index contributed by atoms with van der Waals surface area (Å²) in [6.45, 7) is 1.16. The van der Waals surface area contributed by atoms with Gasteiger partial charge in [0.25, 0.3) is 0 Å². The number of halogens is 7. The van der Waals surface area contributed by atoms with E-state index in [-0.39, 0.29) is 18.5 Å². The minimum absolute atomic E-state index is 0. The first-order valence-corrected chi connectivity index (χ1v) is 5.16. The lowest BCUT2D eigenvalue weighted by Gasteiger charge is -2.21. The fourth-order valence-electron chi connectivity index (χ4n) is 1.53. The third-order valence-corrected chi connectivity index (χ3v) is 2.56. The Morgan fingerprint density at radius 2 is 1.55 bits per heavy atom. The van der Waals surface area contributed by atoms with Crippen molar-refractivity contribution in [2.75, 3.05) is 0 Å². The van der Waals surface area contributed by atoms with Crippen LogP contribution in [0.1, 0.15) is 29.7 Å². The summed E-state index contributed by atoms with van der Waals surface area (Å²) in [6, 6.07) is -0.271. The molecule has 0 radical (unpaired) electrons. The number of alkyl halides is 6. The van der Waals surface area contributed by atoms with Crippen molar-refractivity contribution < 1.29 is 31.4 Å². The average Bonchev–Trinajstić information content (AvgIpc) is 2.24. The summed E-state index contributed by atoms with van der Waals surface area (Å²) in [7, 11) is 0. The maximum atomic E-state index is 12.7. The zero-order valence-electron chi connectivity index (χ0n) is 10.1. The van der Waals surface area contributed by atoms with Crippen molar-refractivity contribution in [3.63, 3.8) is 0 Å². The maximum Gasteiger partial charge on any atom is 0.416 e. The molecule has 0 aliphatic rings. The molecule has 3 N–H and O–H groups in total. The van der Waals surface area contributed by atoms with Gasteiger partial charge >= 0.3 is 12.4 Å². The van der Waals surface area contributed by atoms with Gasteiger partial charge in [0, 0.05) is 0 Å². The normalized spacial score (nSPS) is 15.4. The first-order chi connectivity index (χ1) is 8.44. The van der Waals surface area contributed by atoms with Crippen molar-refractivity contribution in [1.29, 1.82) is 0 Å². The van der Waals surface area contributed by atoms with Gasteiger partial charge in [0.2, 0.25) is 0 Å². The van der Waals surface area contributed by atoms with Crippen LogP contribution in [0.5, 0.6) is 0 Å². The number of benzene rings is 1. The lowest BCUT2D eigenvalue weighted by atomic mass is 9.95. The van der Waals surface area contributed by atoms with Gasteiger partial charge in [0.15, 0.2) is 0 Å². The molecular weight excluding hydrogens is 312 g/mol. The quantitative estimate of drug-likeness (QED) is 0.818. The van der Waals surface area contributed by atoms with E-state index in [1.54, 1.807) is 0 Å². The second-order valence-electron chi connectivity index (χ2n) is 4.06. The van der Waals surface area contributed by atoms with Gasteiger partial charge in [-0.15, -0.1) is 12.4 Å². The summed E-state index contributed by atoms with van der Waals surface area (Å²) < 4.78 is 75.4. The van der Waals surface area contributed by atoms with Crippen LogP contribution in [0.2, 0.25) is 0 Å². The zero-order valence-corrected chi connectivity index (χ0v) is 10.9. The van der Waals surface area contributed by atoms with Crippen molar-refractivity contribution in [2.45, 2.75) is 31.4 Å². The van der Waals surface area contributed by atoms with Gasteiger partial charge in [-0.25, -0.2) is 0 Å². The molecule has 0 aromatic heterocycles. The molecule has 2 atom stereocenters. The summed E-state index contributed by atoms with van der Waals surface area (Å²) in [5.74, 6) is 0. The van der Waals surface area contributed by atoms with Gasteiger partial charge in [-0.3, -0.25) is 0 Å². The lowest BCUT2D eigenvalue weighted by molar-refractivity contribution is -0.143. The fourth-order valence-corrected chi connectivity index (χ4v) is 1.53. The second-order valence-corrected chi connectivity index (χ2v) is 4.06. The summed E-state index contributed by atoms with van der Waals surface area (Å²) in [5.41, 5.74) is 1.88. The molecule has 0 saturated carbocycles. The number of aliphatic hydroxyl groups is 1. The van der Waals surface area contributed by atoms with Crippen molar-refractivity contribution in [2.24, 2.45) is 5.73 Å². The molecule has 116 valence electrons. The summed E-state index contributed by atoms with van der Waals surface area (Å²) in [6.07, 6.45) is -11.2. The Labute approximate surface area is 117 Å². The summed E-state index contributed by atoms with van der Waals surface area (Å²) >= 11 is 0. The zero-order chi connectivity index (χ0) is 15.0. The third kappa shape index (κ3) is 4.26. The smallest absolute Gasteiger partial charge is 0.391 e. The third-order valence-electron chi connectivity index (χ3n) is 2.56. The predicted molar refractivity (Wildman–Crippen MR) is 62.3 cm³/mol. The van der Waals surface area contributed by atoms with Crippen LogP contribution < -0.4 is 5.73 Å². The Hall–Kier alpha value is -0.990. The Morgan fingerprint density at radius 3 is 1.90 bits per heavy atom. The molecule has 0 fully saturated rings. The molecular formula is C11H12ClF6NO. The molecule has 0 aliphatic carbocycles. The maximum absolute atomic E-state index is 12.7. The van der Waals surface area contributed by atoms with Gasteiger partial charge in [-0.05, 0) is 24.6 Å². The summed E-state index contributed by atoms with van der Waals surface area (Å²) in [5, 5.41) is 9.18. The SMILES string of the molecule is C[C@H](O)[C@H](N)c1ccc(C(F)(F)F)cc1C(F)(F)F.Cl. The predicted octanol–water partition coefficient (Wildman–Crippen LogP) is 3.53. The van der Waals surface area contributed by atoms with E-state index in [2.05, 4.69) is 0 Å². The van der Waals surface area contributed by atoms with Crippen LogP contribution in [-0.2, 0) is 12.4 Å². The molecule has 9 heteroatoms. The van der Waals surface area contributed by atoms with Gasteiger partial charge in [-0.1, -0.05) is 6.07 Å². The topological polar surface area (TPSA) is 46.2 Å². The number of nitrogens with two attached hydrogens (primary N) is 1. The van der Waals surface area contributed by atoms with Crippen LogP contribution in [0.25, 0.3) is 0 Å². The molecule has 1 aromatic carbocycles. The molecule has 0 saturated heterocycles. The highest BCUT2D eigenvalue weighted by Crippen LogP contribution is 2.39. The molecule has 0 bridgehead atoms. The second kappa shape index (κ2) is 6.19. The number of rotatable bonds is 2. The van der Waals surface area contributed by atoms with E-state index < -0.39 is 41.2 Å². The minimum Gasteiger partial charge on any atom is -0.391 e. The molecule has 20 heavy (non-hydrogen) atoms. The molecule has 0 aliphatic heterocycles. The monoisotopic (exact) mass is 323 g/mol. The van der Waals surface area contributed by atoms with Crippen LogP contribution in [0, 0.1) is 0 Å². The number of hydrogen-bond acceptors (Lipinski definition) is 2. The van der Waals surface area contributed by atoms with Crippen LogP contribution >= 0.6 is 12.4 Å². The average molecular weight is 324 g/mol. The van der Waals surface area contributed by atoms with Crippen LogP contribution in [0.4, 0.5) is 26.3 Å². The van der Waals surface area contributed by atoms with Gasteiger partial charge in [0.1, 0.15) is 0 Å². The largest absolute Gasteiger partial charge is 0.416 e. The van der Waals surface area contributed by atoms with E-state index in [4.69, 9.17) is 5.73 Å². The van der Waals surface area contributed by atoms with Gasteiger partial charge in [0.05, 0.1) is 23.3 Å². The molecule has 0 heterocycles. The van der Waals surface area contributed by atoms with Gasteiger partial charge < -0.3 is 10.8 Å². The first kappa shape index (κ1) is 19.0. The number of hydrogen-bond donors (Lipinski definition) is 2. The Kier molecular flexibility index (Phi) is 5.89. The lowest BCUT2D eigenvalue weighted by Crippen LogP contribution is -2.26. The van der Waals surface area contributed by atoms with Crippen molar-refractivity contribution in [3.05, 3.63) is 34.9 Å². The molecule has 0 spiro atoms. The van der Waals surface area contributed by atoms with E-state index in [0.717, 1.165) is 6.92 Å². The Balaban J connectivity index is 0.00000361. The highest BCUT2D eigenvalue weighted by atomic mass is 35.5. The van der Waals surface area contributed by atoms with E-state index in [1.165, 1.54) is 0 Å². The molecule has 1 aromatic rings. The fraction of sp³-hybridized carbons (Fsp3) is 0.455. The van der Waals surface area contributed by atoms with Crippen molar-refractivity contribution in [3.8, 4) is 0 Å². The summed E-state index contributed by atoms with van der Waals surface area (Å²) in [4.78, 5) is 0. The van der Waals surface area contributed by atoms with Crippen molar-refractivity contribution >= 4 is 12.4 Å². The van der Waals surface area contributed by atoms with Crippen LogP contribution in [0.15, 0.2) is 18.2 Å². The van der Waals surface area contributed by atoms with E-state index in [0.29, 0.717) is 12.1 Å². The first-order valence-electron chi connectivity index (χ1n) is 5.16. The Morgan fingerprint density at radius 1 is 1.05 bits per heavy atom. The van der Waals surface area contributed by atoms with E-state index in [1.807, 2.05) is 0 Å². The number of aliphatic hydroxyl groups excluding tert-OH is 1. The molecule has 1 rings (SSSR count). The Bertz CT molecular complexity index is 457. The molecule has 0 unspecified atom stereocenters. The minimum atomic E-state index is -4.98. The van der Waals surface area contributed by atoms with Crippen LogP contribution in [0.3, 0.4) is 0 Å². The van der Waals surface area contributed by atoms with Gasteiger partial charge in [-0.2, -0.15) is 26.3 Å². The van der Waals surface area contributed by atoms with E-state index >= 15 is 0 Å². The standard InChI is InChI=1S/C11H11F6NO.ClH/c1-5(19)9(18)7-3-2-6(10(12,13)14)4-8(7)11(15,16)17;/h2-5,9,19H,18H2,1H3;1H/t5-,9-;/m0./s1. The van der Waals surface area contributed by atoms with E-state index in [9.17, 15) is 31.4 Å².